The molecule has 2 heterocycles. The lowest BCUT2D eigenvalue weighted by Gasteiger charge is -2.30. The van der Waals surface area contributed by atoms with E-state index >= 15 is 0 Å². The van der Waals surface area contributed by atoms with Crippen molar-refractivity contribution in [3.8, 4) is 0 Å². The van der Waals surface area contributed by atoms with E-state index in [2.05, 4.69) is 15.6 Å². The molecule has 0 saturated carbocycles. The van der Waals surface area contributed by atoms with Gasteiger partial charge < -0.3 is 15.0 Å². The number of nitrogens with one attached hydrogen (secondary N) is 2. The van der Waals surface area contributed by atoms with Gasteiger partial charge in [-0.15, -0.1) is 0 Å². The molecule has 9 nitrogen and oxygen atoms in total. The van der Waals surface area contributed by atoms with E-state index in [1.807, 2.05) is 35.2 Å². The number of hydrogen-bond acceptors (Lipinski definition) is 7. The Bertz CT molecular complexity index is 1160. The lowest BCUT2D eigenvalue weighted by molar-refractivity contribution is -0.384. The minimum Gasteiger partial charge on any atom is -0.378 e. The molecule has 1 aromatic heterocycles. The molecule has 0 aliphatic carbocycles. The minimum atomic E-state index is -0.528. The summed E-state index contributed by atoms with van der Waals surface area (Å²) in [5.41, 5.74) is 2.10. The van der Waals surface area contributed by atoms with E-state index in [4.69, 9.17) is 17.0 Å². The Morgan fingerprint density at radius 2 is 1.97 bits per heavy atom. The molecular weight excluding hydrogens is 418 g/mol. The Morgan fingerprint density at radius 3 is 2.74 bits per heavy atom. The molecule has 1 aliphatic rings. The van der Waals surface area contributed by atoms with Crippen LogP contribution in [0.3, 0.4) is 0 Å². The van der Waals surface area contributed by atoms with Crippen molar-refractivity contribution < 1.29 is 14.5 Å². The summed E-state index contributed by atoms with van der Waals surface area (Å²) in [7, 11) is 0. The molecule has 158 valence electrons. The Kier molecular flexibility index (Phi) is 6.01. The number of nitro groups is 1. The molecule has 2 N–H and O–H groups in total. The molecule has 3 aromatic rings. The molecule has 0 spiro atoms. The second kappa shape index (κ2) is 9.02. The highest BCUT2D eigenvalue weighted by Gasteiger charge is 2.22. The third-order valence-electron chi connectivity index (χ3n) is 4.91. The topological polar surface area (TPSA) is 110 Å². The van der Waals surface area contributed by atoms with E-state index in [9.17, 15) is 14.9 Å². The van der Waals surface area contributed by atoms with Crippen LogP contribution >= 0.6 is 12.2 Å². The maximum atomic E-state index is 13.0. The smallest absolute Gasteiger partial charge is 0.270 e. The zero-order valence-electron chi connectivity index (χ0n) is 16.4. The number of nitro benzene ring substituents is 1. The third kappa shape index (κ3) is 4.60. The fourth-order valence-electron chi connectivity index (χ4n) is 3.44. The van der Waals surface area contributed by atoms with Gasteiger partial charge in [-0.05, 0) is 42.5 Å². The molecule has 10 heteroatoms. The molecule has 1 fully saturated rings. The normalized spacial score (nSPS) is 13.6. The molecule has 0 bridgehead atoms. The van der Waals surface area contributed by atoms with Crippen molar-refractivity contribution >= 4 is 51.2 Å². The van der Waals surface area contributed by atoms with Gasteiger partial charge in [0, 0.05) is 42.5 Å². The van der Waals surface area contributed by atoms with Gasteiger partial charge >= 0.3 is 0 Å². The predicted molar refractivity (Wildman–Crippen MR) is 122 cm³/mol. The number of carbonyl (C=O) groups is 1. The highest BCUT2D eigenvalue weighted by Crippen LogP contribution is 2.27. The van der Waals surface area contributed by atoms with Gasteiger partial charge in [-0.25, -0.2) is 0 Å². The Morgan fingerprint density at radius 1 is 1.16 bits per heavy atom. The lowest BCUT2D eigenvalue weighted by Crippen LogP contribution is -2.39. The lowest BCUT2D eigenvalue weighted by atomic mass is 10.1. The zero-order chi connectivity index (χ0) is 21.8. The number of carbonyl (C=O) groups excluding carboxylic acids is 1. The maximum absolute atomic E-state index is 13.0. The molecule has 1 amide bonds. The van der Waals surface area contributed by atoms with Crippen molar-refractivity contribution in [1.82, 2.24) is 10.3 Å². The maximum Gasteiger partial charge on any atom is 0.270 e. The van der Waals surface area contributed by atoms with Gasteiger partial charge in [0.05, 0.1) is 34.9 Å². The standard InChI is InChI=1S/C21H19N5O4S/c27-20(24-21(31)23-18-5-1-4-17-15(18)3-2-8-22-17)16-13-14(26(28)29)6-7-19(16)25-9-11-30-12-10-25/h1-8,13H,9-12H2,(H2,23,24,27,31). The number of non-ortho nitro benzene ring substituents is 1. The molecule has 0 radical (unpaired) electrons. The van der Waals surface area contributed by atoms with Crippen LogP contribution in [0.5, 0.6) is 0 Å². The molecule has 1 saturated heterocycles. The number of rotatable bonds is 4. The Hall–Kier alpha value is -3.63. The van der Waals surface area contributed by atoms with E-state index in [0.29, 0.717) is 37.7 Å². The fourth-order valence-corrected chi connectivity index (χ4v) is 3.64. The van der Waals surface area contributed by atoms with E-state index in [0.717, 1.165) is 10.9 Å². The SMILES string of the molecule is O=C(NC(=S)Nc1cccc2ncccc12)c1cc([N+](=O)[O-])ccc1N1CCOCC1. The summed E-state index contributed by atoms with van der Waals surface area (Å²) < 4.78 is 5.36. The summed E-state index contributed by atoms with van der Waals surface area (Å²) in [6.45, 7) is 2.22. The van der Waals surface area contributed by atoms with Gasteiger partial charge in [0.2, 0.25) is 0 Å². The summed E-state index contributed by atoms with van der Waals surface area (Å²) in [6, 6.07) is 13.5. The average molecular weight is 437 g/mol. The number of thiocarbonyl (C=S) groups is 1. The first-order valence-corrected chi connectivity index (χ1v) is 10.0. The number of morpholine rings is 1. The van der Waals surface area contributed by atoms with Crippen LogP contribution in [0.4, 0.5) is 17.1 Å². The second-order valence-corrected chi connectivity index (χ2v) is 7.25. The number of amides is 1. The number of fused-ring (bicyclic) bond motifs is 1. The van der Waals surface area contributed by atoms with Crippen LogP contribution in [0, 0.1) is 10.1 Å². The van der Waals surface area contributed by atoms with Crippen LogP contribution in [0.25, 0.3) is 10.9 Å². The van der Waals surface area contributed by atoms with E-state index in [1.165, 1.54) is 12.1 Å². The van der Waals surface area contributed by atoms with Crippen molar-refractivity contribution in [2.75, 3.05) is 36.5 Å². The summed E-state index contributed by atoms with van der Waals surface area (Å²) in [5, 5.41) is 17.8. The zero-order valence-corrected chi connectivity index (χ0v) is 17.2. The number of anilines is 2. The Balaban J connectivity index is 1.57. The first kappa shape index (κ1) is 20.6. The highest BCUT2D eigenvalue weighted by molar-refractivity contribution is 7.80. The molecular formula is C21H19N5O4S. The first-order chi connectivity index (χ1) is 15.0. The average Bonchev–Trinajstić information content (AvgIpc) is 2.79. The van der Waals surface area contributed by atoms with Crippen molar-refractivity contribution in [2.45, 2.75) is 0 Å². The number of benzene rings is 2. The van der Waals surface area contributed by atoms with Gasteiger partial charge in [0.25, 0.3) is 11.6 Å². The number of hydrogen-bond donors (Lipinski definition) is 2. The van der Waals surface area contributed by atoms with Gasteiger partial charge in [-0.2, -0.15) is 0 Å². The summed E-state index contributed by atoms with van der Waals surface area (Å²) in [4.78, 5) is 30.0. The summed E-state index contributed by atoms with van der Waals surface area (Å²) >= 11 is 5.33. The van der Waals surface area contributed by atoms with Crippen molar-refractivity contribution in [3.05, 3.63) is 70.4 Å². The largest absolute Gasteiger partial charge is 0.378 e. The quantitative estimate of drug-likeness (QED) is 0.364. The van der Waals surface area contributed by atoms with Gasteiger partial charge in [0.1, 0.15) is 0 Å². The molecule has 31 heavy (non-hydrogen) atoms. The third-order valence-corrected chi connectivity index (χ3v) is 5.11. The Labute approximate surface area is 183 Å². The highest BCUT2D eigenvalue weighted by atomic mass is 32.1. The monoisotopic (exact) mass is 437 g/mol. The van der Waals surface area contributed by atoms with Crippen LogP contribution in [-0.2, 0) is 4.74 Å². The number of pyridine rings is 1. The summed E-state index contributed by atoms with van der Waals surface area (Å²) in [5.74, 6) is -0.527. The van der Waals surface area contributed by atoms with Crippen LogP contribution in [0.1, 0.15) is 10.4 Å². The van der Waals surface area contributed by atoms with Crippen LogP contribution in [0.2, 0.25) is 0 Å². The van der Waals surface area contributed by atoms with E-state index in [-0.39, 0.29) is 16.4 Å². The van der Waals surface area contributed by atoms with Gasteiger partial charge in [-0.3, -0.25) is 25.2 Å². The second-order valence-electron chi connectivity index (χ2n) is 6.84. The van der Waals surface area contributed by atoms with Crippen LogP contribution in [0.15, 0.2) is 54.7 Å². The molecule has 0 unspecified atom stereocenters. The number of ether oxygens (including phenoxy) is 1. The van der Waals surface area contributed by atoms with E-state index < -0.39 is 10.8 Å². The number of nitrogens with zero attached hydrogens (tertiary/aromatic N) is 3. The van der Waals surface area contributed by atoms with Crippen LogP contribution < -0.4 is 15.5 Å². The minimum absolute atomic E-state index is 0.0841. The molecule has 0 atom stereocenters. The molecule has 1 aliphatic heterocycles. The molecule has 4 rings (SSSR count). The van der Waals surface area contributed by atoms with Crippen molar-refractivity contribution in [2.24, 2.45) is 0 Å². The van der Waals surface area contributed by atoms with Gasteiger partial charge in [0.15, 0.2) is 5.11 Å². The predicted octanol–water partition coefficient (Wildman–Crippen LogP) is 3.11. The molecule has 2 aromatic carbocycles. The van der Waals surface area contributed by atoms with Crippen LogP contribution in [-0.4, -0.2) is 47.2 Å². The van der Waals surface area contributed by atoms with Crippen molar-refractivity contribution in [1.29, 1.82) is 0 Å². The first-order valence-electron chi connectivity index (χ1n) is 9.60. The van der Waals surface area contributed by atoms with Crippen molar-refractivity contribution in [3.63, 3.8) is 0 Å². The fraction of sp³-hybridized carbons (Fsp3) is 0.190. The number of aromatic nitrogens is 1. The van der Waals surface area contributed by atoms with E-state index in [1.54, 1.807) is 12.3 Å². The van der Waals surface area contributed by atoms with Gasteiger partial charge in [-0.1, -0.05) is 6.07 Å². The summed E-state index contributed by atoms with van der Waals surface area (Å²) in [6.07, 6.45) is 1.70.